The Morgan fingerprint density at radius 2 is 2.00 bits per heavy atom. The Labute approximate surface area is 168 Å². The maximum Gasteiger partial charge on any atom is 0.227 e. The fraction of sp³-hybridized carbons (Fsp3) is 0.364. The number of likely N-dealkylation sites (tertiary alicyclic amines) is 1. The highest BCUT2D eigenvalue weighted by Gasteiger charge is 2.64. The number of benzene rings is 2. The molecule has 0 bridgehead atoms. The van der Waals surface area contributed by atoms with Crippen molar-refractivity contribution in [1.82, 2.24) is 9.80 Å². The van der Waals surface area contributed by atoms with Crippen molar-refractivity contribution >= 4 is 23.4 Å². The van der Waals surface area contributed by atoms with Gasteiger partial charge in [-0.15, -0.1) is 0 Å². The fourth-order valence-corrected chi connectivity index (χ4v) is 5.10. The van der Waals surface area contributed by atoms with Gasteiger partial charge in [-0.1, -0.05) is 54.1 Å². The number of halogens is 1. The molecule has 5 nitrogen and oxygen atoms in total. The summed E-state index contributed by atoms with van der Waals surface area (Å²) in [6.07, 6.45) is 1.14. The summed E-state index contributed by atoms with van der Waals surface area (Å²) in [6.45, 7) is 1.16. The zero-order valence-electron chi connectivity index (χ0n) is 15.4. The molecule has 0 saturated carbocycles. The van der Waals surface area contributed by atoms with Gasteiger partial charge in [0.05, 0.1) is 25.4 Å². The minimum Gasteiger partial charge on any atom is -0.343 e. The number of ether oxygens (including phenoxy) is 1. The maximum absolute atomic E-state index is 13.0. The van der Waals surface area contributed by atoms with Gasteiger partial charge in [0.15, 0.2) is 5.72 Å². The molecule has 0 unspecified atom stereocenters. The number of rotatable bonds is 3. The molecule has 5 rings (SSSR count). The molecule has 2 aromatic carbocycles. The van der Waals surface area contributed by atoms with Crippen LogP contribution in [0.1, 0.15) is 30.1 Å². The van der Waals surface area contributed by atoms with Gasteiger partial charge in [-0.05, 0) is 23.3 Å². The lowest BCUT2D eigenvalue weighted by Crippen LogP contribution is -2.49. The van der Waals surface area contributed by atoms with Crippen LogP contribution in [-0.2, 0) is 20.7 Å². The Morgan fingerprint density at radius 3 is 2.79 bits per heavy atom. The van der Waals surface area contributed by atoms with E-state index in [4.69, 9.17) is 16.3 Å². The summed E-state index contributed by atoms with van der Waals surface area (Å²) in [5, 5.41) is 0.621. The highest BCUT2D eigenvalue weighted by Crippen LogP contribution is 2.50. The van der Waals surface area contributed by atoms with Crippen molar-refractivity contribution in [3.05, 3.63) is 70.7 Å². The van der Waals surface area contributed by atoms with Gasteiger partial charge in [0, 0.05) is 18.0 Å². The van der Waals surface area contributed by atoms with E-state index in [-0.39, 0.29) is 30.4 Å². The lowest BCUT2D eigenvalue weighted by Gasteiger charge is -2.32. The molecule has 2 aromatic rings. The zero-order valence-corrected chi connectivity index (χ0v) is 16.1. The summed E-state index contributed by atoms with van der Waals surface area (Å²) in [4.78, 5) is 29.4. The van der Waals surface area contributed by atoms with E-state index in [1.54, 1.807) is 6.07 Å². The van der Waals surface area contributed by atoms with Gasteiger partial charge in [-0.3, -0.25) is 9.59 Å². The number of hydrogen-bond donors (Lipinski definition) is 0. The van der Waals surface area contributed by atoms with Crippen LogP contribution in [0.25, 0.3) is 0 Å². The second-order valence-corrected chi connectivity index (χ2v) is 8.17. The molecule has 144 valence electrons. The van der Waals surface area contributed by atoms with Crippen LogP contribution >= 0.6 is 11.6 Å². The standard InChI is InChI=1S/C22H21ClN2O3/c23-17-8-4-5-15(11-17)12-20(26)24-10-9-22-19(24)13-21(27)25(22)14-18(28-22)16-6-2-1-3-7-16/h1-8,11,18-19H,9-10,12-14H2/t18-,19-,22+/m1/s1. The van der Waals surface area contributed by atoms with Gasteiger partial charge in [0.25, 0.3) is 0 Å². The number of carbonyl (C=O) groups is 2. The van der Waals surface area contributed by atoms with Gasteiger partial charge >= 0.3 is 0 Å². The highest BCUT2D eigenvalue weighted by molar-refractivity contribution is 6.30. The molecule has 0 N–H and O–H groups in total. The third-order valence-corrected chi connectivity index (χ3v) is 6.40. The molecule has 3 atom stereocenters. The Hall–Kier alpha value is -2.37. The van der Waals surface area contributed by atoms with E-state index in [2.05, 4.69) is 0 Å². The molecule has 3 saturated heterocycles. The van der Waals surface area contributed by atoms with E-state index in [0.717, 1.165) is 11.1 Å². The smallest absolute Gasteiger partial charge is 0.227 e. The van der Waals surface area contributed by atoms with Gasteiger partial charge in [-0.25, -0.2) is 0 Å². The molecule has 3 fully saturated rings. The van der Waals surface area contributed by atoms with Crippen molar-refractivity contribution < 1.29 is 14.3 Å². The average molecular weight is 397 g/mol. The molecule has 0 aliphatic carbocycles. The molecule has 28 heavy (non-hydrogen) atoms. The molecule has 0 radical (unpaired) electrons. The van der Waals surface area contributed by atoms with Crippen molar-refractivity contribution in [2.75, 3.05) is 13.1 Å². The molecule has 0 aromatic heterocycles. The van der Waals surface area contributed by atoms with Crippen molar-refractivity contribution in [2.24, 2.45) is 0 Å². The highest BCUT2D eigenvalue weighted by atomic mass is 35.5. The lowest BCUT2D eigenvalue weighted by atomic mass is 10.1. The maximum atomic E-state index is 13.0. The summed E-state index contributed by atoms with van der Waals surface area (Å²) in [7, 11) is 0. The Bertz CT molecular complexity index is 934. The van der Waals surface area contributed by atoms with Gasteiger partial charge in [0.2, 0.25) is 11.8 Å². The second-order valence-electron chi connectivity index (χ2n) is 7.73. The van der Waals surface area contributed by atoms with Gasteiger partial charge in [-0.2, -0.15) is 0 Å². The van der Waals surface area contributed by atoms with E-state index in [1.807, 2.05) is 58.3 Å². The Kier molecular flexibility index (Phi) is 4.18. The molecule has 3 aliphatic rings. The van der Waals surface area contributed by atoms with E-state index in [1.165, 1.54) is 0 Å². The predicted molar refractivity (Wildman–Crippen MR) is 105 cm³/mol. The first-order valence-corrected chi connectivity index (χ1v) is 10.0. The lowest BCUT2D eigenvalue weighted by molar-refractivity contribution is -0.142. The number of amides is 2. The topological polar surface area (TPSA) is 49.9 Å². The Morgan fingerprint density at radius 1 is 1.18 bits per heavy atom. The van der Waals surface area contributed by atoms with Crippen molar-refractivity contribution in [3.63, 3.8) is 0 Å². The second kappa shape index (κ2) is 6.61. The fourth-order valence-electron chi connectivity index (χ4n) is 4.89. The first-order valence-electron chi connectivity index (χ1n) is 9.64. The average Bonchev–Trinajstić information content (AvgIpc) is 3.31. The molecule has 2 amide bonds. The predicted octanol–water partition coefficient (Wildman–Crippen LogP) is 3.18. The normalized spacial score (nSPS) is 28.5. The Balaban J connectivity index is 1.38. The van der Waals surface area contributed by atoms with Crippen LogP contribution in [0.5, 0.6) is 0 Å². The third-order valence-electron chi connectivity index (χ3n) is 6.16. The van der Waals surface area contributed by atoms with Crippen LogP contribution in [0.15, 0.2) is 54.6 Å². The zero-order chi connectivity index (χ0) is 19.3. The summed E-state index contributed by atoms with van der Waals surface area (Å²) >= 11 is 6.05. The van der Waals surface area contributed by atoms with Crippen LogP contribution in [0, 0.1) is 0 Å². The first kappa shape index (κ1) is 17.7. The van der Waals surface area contributed by atoms with Crippen LogP contribution in [0.2, 0.25) is 5.02 Å². The largest absolute Gasteiger partial charge is 0.343 e. The quantitative estimate of drug-likeness (QED) is 0.800. The molecule has 3 aliphatic heterocycles. The first-order chi connectivity index (χ1) is 13.6. The minimum absolute atomic E-state index is 0.0190. The van der Waals surface area contributed by atoms with E-state index < -0.39 is 5.72 Å². The van der Waals surface area contributed by atoms with Gasteiger partial charge in [0.1, 0.15) is 6.10 Å². The molecule has 6 heteroatoms. The van der Waals surface area contributed by atoms with Crippen molar-refractivity contribution in [3.8, 4) is 0 Å². The van der Waals surface area contributed by atoms with E-state index >= 15 is 0 Å². The molecular formula is C22H21ClN2O3. The van der Waals surface area contributed by atoms with Gasteiger partial charge < -0.3 is 14.5 Å². The van der Waals surface area contributed by atoms with Crippen LogP contribution in [-0.4, -0.2) is 46.5 Å². The third kappa shape index (κ3) is 2.73. The van der Waals surface area contributed by atoms with E-state index in [9.17, 15) is 9.59 Å². The number of hydrogen-bond acceptors (Lipinski definition) is 3. The minimum atomic E-state index is -0.679. The van der Waals surface area contributed by atoms with Crippen LogP contribution in [0.3, 0.4) is 0 Å². The molecular weight excluding hydrogens is 376 g/mol. The molecule has 3 heterocycles. The number of carbonyl (C=O) groups excluding carboxylic acids is 2. The van der Waals surface area contributed by atoms with Crippen LogP contribution in [0.4, 0.5) is 0 Å². The van der Waals surface area contributed by atoms with Crippen LogP contribution < -0.4 is 0 Å². The van der Waals surface area contributed by atoms with E-state index in [0.29, 0.717) is 31.0 Å². The SMILES string of the molecule is O=C(Cc1cccc(Cl)c1)N1CC[C@@]23O[C@@H](c4ccccc4)CN2C(=O)C[C@@H]13. The molecule has 1 spiro atoms. The summed E-state index contributed by atoms with van der Waals surface area (Å²) < 4.78 is 6.49. The summed E-state index contributed by atoms with van der Waals surface area (Å²) in [6, 6.07) is 17.1. The summed E-state index contributed by atoms with van der Waals surface area (Å²) in [5.74, 6) is 0.0919. The number of nitrogens with zero attached hydrogens (tertiary/aromatic N) is 2. The summed E-state index contributed by atoms with van der Waals surface area (Å²) in [5.41, 5.74) is 1.28. The van der Waals surface area contributed by atoms with Crippen molar-refractivity contribution in [2.45, 2.75) is 37.1 Å². The van der Waals surface area contributed by atoms with Crippen molar-refractivity contribution in [1.29, 1.82) is 0 Å². The monoisotopic (exact) mass is 396 g/mol.